The highest BCUT2D eigenvalue weighted by Crippen LogP contribution is 2.44. The molecule has 43 heavy (non-hydrogen) atoms. The van der Waals surface area contributed by atoms with E-state index in [0.29, 0.717) is 79.2 Å². The van der Waals surface area contributed by atoms with Crippen LogP contribution in [0.2, 0.25) is 0 Å². The van der Waals surface area contributed by atoms with Crippen LogP contribution in [0.3, 0.4) is 0 Å². The van der Waals surface area contributed by atoms with Crippen molar-refractivity contribution in [1.82, 2.24) is 4.90 Å². The Bertz CT molecular complexity index is 1070. The Kier molecular flexibility index (Phi) is 14.9. The second kappa shape index (κ2) is 18.6. The van der Waals surface area contributed by atoms with Crippen LogP contribution in [0.15, 0.2) is 48.5 Å². The molecule has 0 heterocycles. The zero-order valence-corrected chi connectivity index (χ0v) is 26.0. The van der Waals surface area contributed by atoms with E-state index in [2.05, 4.69) is 24.3 Å². The van der Waals surface area contributed by atoms with Gasteiger partial charge in [-0.25, -0.2) is 4.79 Å². The smallest absolute Gasteiger partial charge is 0.409 e. The fraction of sp³-hybridized carbons (Fsp3) is 0.576. The molecule has 0 saturated carbocycles. The van der Waals surface area contributed by atoms with Gasteiger partial charge in [-0.15, -0.1) is 0 Å². The Hall–Kier alpha value is -3.02. The van der Waals surface area contributed by atoms with Crippen LogP contribution in [-0.4, -0.2) is 109 Å². The minimum absolute atomic E-state index is 0.0396. The number of nitrogens with zero attached hydrogens (tertiary/aromatic N) is 1. The van der Waals surface area contributed by atoms with E-state index in [9.17, 15) is 9.59 Å². The third kappa shape index (κ3) is 12.6. The van der Waals surface area contributed by atoms with Crippen LogP contribution in [0, 0.1) is 0 Å². The number of hydrogen-bond donors (Lipinski definition) is 0. The number of amides is 1. The second-order valence-corrected chi connectivity index (χ2v) is 11.1. The summed E-state index contributed by atoms with van der Waals surface area (Å²) in [5.41, 5.74) is 4.31. The van der Waals surface area contributed by atoms with E-state index in [1.807, 2.05) is 45.0 Å². The number of carbonyl (C=O) groups is 2. The lowest BCUT2D eigenvalue weighted by Crippen LogP contribution is -2.32. The molecule has 0 unspecified atom stereocenters. The fourth-order valence-electron chi connectivity index (χ4n) is 4.53. The van der Waals surface area contributed by atoms with Gasteiger partial charge >= 0.3 is 12.1 Å². The summed E-state index contributed by atoms with van der Waals surface area (Å²) >= 11 is 0. The fourth-order valence-corrected chi connectivity index (χ4v) is 4.53. The second-order valence-electron chi connectivity index (χ2n) is 11.1. The highest BCUT2D eigenvalue weighted by Gasteiger charge is 2.29. The van der Waals surface area contributed by atoms with Crippen LogP contribution in [0.4, 0.5) is 4.79 Å². The Morgan fingerprint density at radius 3 is 1.60 bits per heavy atom. The van der Waals surface area contributed by atoms with Crippen molar-refractivity contribution in [3.63, 3.8) is 0 Å². The van der Waals surface area contributed by atoms with Crippen molar-refractivity contribution in [3.05, 3.63) is 59.7 Å². The minimum atomic E-state index is -0.478. The van der Waals surface area contributed by atoms with Crippen molar-refractivity contribution in [3.8, 4) is 11.1 Å². The zero-order valence-electron chi connectivity index (χ0n) is 26.0. The molecule has 0 bridgehead atoms. The van der Waals surface area contributed by atoms with Gasteiger partial charge in [-0.05, 0) is 43.0 Å². The third-order valence-electron chi connectivity index (χ3n) is 6.58. The molecule has 1 aliphatic carbocycles. The first-order chi connectivity index (χ1) is 20.8. The molecule has 0 atom stereocenters. The standard InChI is InChI=1S/C33H47NO9/c1-33(2,3)43-31(35)13-15-37-17-19-39-21-23-41-24-22-40-20-18-38-16-14-34(4)32(36)42-25-30-28-11-7-5-9-26(28)27-10-6-8-12-29(27)30/h5-12,30H,13-25H2,1-4H3. The predicted octanol–water partition coefficient (Wildman–Crippen LogP) is 4.68. The van der Waals surface area contributed by atoms with Crippen LogP contribution in [0.25, 0.3) is 11.1 Å². The first-order valence-electron chi connectivity index (χ1n) is 14.9. The monoisotopic (exact) mass is 601 g/mol. The maximum Gasteiger partial charge on any atom is 0.409 e. The van der Waals surface area contributed by atoms with Gasteiger partial charge in [-0.2, -0.15) is 0 Å². The first-order valence-corrected chi connectivity index (χ1v) is 14.9. The molecule has 0 fully saturated rings. The summed E-state index contributed by atoms with van der Waals surface area (Å²) in [6.45, 7) is 10.5. The molecule has 0 N–H and O–H groups in total. The molecule has 238 valence electrons. The maximum atomic E-state index is 12.6. The van der Waals surface area contributed by atoms with Crippen molar-refractivity contribution in [2.45, 2.75) is 38.7 Å². The van der Waals surface area contributed by atoms with Gasteiger partial charge in [0.05, 0.1) is 72.5 Å². The molecular formula is C33H47NO9. The lowest BCUT2D eigenvalue weighted by Gasteiger charge is -2.19. The number of carbonyl (C=O) groups excluding carboxylic acids is 2. The number of benzene rings is 2. The SMILES string of the molecule is CN(CCOCCOCCOCCOCCOCCC(=O)OC(C)(C)C)C(=O)OCC1c2ccccc2-c2ccccc21. The van der Waals surface area contributed by atoms with E-state index in [1.165, 1.54) is 27.2 Å². The highest BCUT2D eigenvalue weighted by molar-refractivity contribution is 5.79. The molecule has 0 radical (unpaired) electrons. The molecule has 0 spiro atoms. The molecule has 1 aliphatic rings. The Morgan fingerprint density at radius 2 is 1.12 bits per heavy atom. The van der Waals surface area contributed by atoms with Gasteiger partial charge < -0.3 is 38.1 Å². The molecule has 1 amide bonds. The van der Waals surface area contributed by atoms with Gasteiger partial charge in [0, 0.05) is 19.5 Å². The van der Waals surface area contributed by atoms with Crippen molar-refractivity contribution in [2.24, 2.45) is 0 Å². The van der Waals surface area contributed by atoms with Crippen LogP contribution in [-0.2, 0) is 38.0 Å². The van der Waals surface area contributed by atoms with Gasteiger partial charge in [-0.3, -0.25) is 4.79 Å². The van der Waals surface area contributed by atoms with Crippen molar-refractivity contribution in [2.75, 3.05) is 86.3 Å². The topological polar surface area (TPSA) is 102 Å². The van der Waals surface area contributed by atoms with Crippen LogP contribution in [0.1, 0.15) is 44.2 Å². The van der Waals surface area contributed by atoms with Crippen molar-refractivity contribution < 1.29 is 42.7 Å². The minimum Gasteiger partial charge on any atom is -0.460 e. The van der Waals surface area contributed by atoms with Gasteiger partial charge in [0.25, 0.3) is 0 Å². The molecule has 2 aromatic carbocycles. The van der Waals surface area contributed by atoms with Crippen molar-refractivity contribution >= 4 is 12.1 Å². The van der Waals surface area contributed by atoms with E-state index in [4.69, 9.17) is 33.2 Å². The summed E-state index contributed by atoms with van der Waals surface area (Å²) in [4.78, 5) is 25.7. The highest BCUT2D eigenvalue weighted by atomic mass is 16.6. The van der Waals surface area contributed by atoms with Crippen LogP contribution >= 0.6 is 0 Å². The molecular weight excluding hydrogens is 554 g/mol. The Morgan fingerprint density at radius 1 is 0.674 bits per heavy atom. The van der Waals surface area contributed by atoms with Crippen LogP contribution < -0.4 is 0 Å². The summed E-state index contributed by atoms with van der Waals surface area (Å²) in [5.74, 6) is -0.230. The van der Waals surface area contributed by atoms with E-state index in [-0.39, 0.29) is 24.4 Å². The summed E-state index contributed by atoms with van der Waals surface area (Å²) in [6.07, 6.45) is -0.141. The molecule has 0 aliphatic heterocycles. The number of likely N-dealkylation sites (N-methyl/N-ethyl adjacent to an activating group) is 1. The first kappa shape index (κ1) is 34.5. The maximum absolute atomic E-state index is 12.6. The normalized spacial score (nSPS) is 12.6. The third-order valence-corrected chi connectivity index (χ3v) is 6.58. The molecule has 3 rings (SSSR count). The average molecular weight is 602 g/mol. The predicted molar refractivity (Wildman–Crippen MR) is 162 cm³/mol. The number of fused-ring (bicyclic) bond motifs is 3. The number of ether oxygens (including phenoxy) is 7. The Labute approximate surface area is 255 Å². The van der Waals surface area contributed by atoms with Gasteiger partial charge in [-0.1, -0.05) is 48.5 Å². The summed E-state index contributed by atoms with van der Waals surface area (Å²) in [6, 6.07) is 16.6. The van der Waals surface area contributed by atoms with E-state index in [1.54, 1.807) is 7.05 Å². The lowest BCUT2D eigenvalue weighted by molar-refractivity contribution is -0.156. The summed E-state index contributed by atoms with van der Waals surface area (Å²) in [5, 5.41) is 0. The number of hydrogen-bond acceptors (Lipinski definition) is 9. The van der Waals surface area contributed by atoms with Crippen molar-refractivity contribution in [1.29, 1.82) is 0 Å². The average Bonchev–Trinajstić information content (AvgIpc) is 3.30. The summed E-state index contributed by atoms with van der Waals surface area (Å²) in [7, 11) is 1.71. The number of rotatable bonds is 20. The summed E-state index contributed by atoms with van der Waals surface area (Å²) < 4.78 is 38.3. The molecule has 0 aromatic heterocycles. The van der Waals surface area contributed by atoms with Gasteiger partial charge in [0.1, 0.15) is 12.2 Å². The quantitative estimate of drug-likeness (QED) is 0.158. The van der Waals surface area contributed by atoms with E-state index in [0.717, 1.165) is 0 Å². The lowest BCUT2D eigenvalue weighted by atomic mass is 9.98. The zero-order chi connectivity index (χ0) is 30.9. The molecule has 2 aromatic rings. The van der Waals surface area contributed by atoms with E-state index >= 15 is 0 Å². The van der Waals surface area contributed by atoms with Gasteiger partial charge in [0.2, 0.25) is 0 Å². The van der Waals surface area contributed by atoms with Gasteiger partial charge in [0.15, 0.2) is 0 Å². The largest absolute Gasteiger partial charge is 0.460 e. The molecule has 10 nitrogen and oxygen atoms in total. The van der Waals surface area contributed by atoms with E-state index < -0.39 is 5.60 Å². The molecule has 10 heteroatoms. The van der Waals surface area contributed by atoms with Crippen LogP contribution in [0.5, 0.6) is 0 Å². The Balaban J connectivity index is 1.10. The molecule has 0 saturated heterocycles. The number of esters is 1.